The SMILES string of the molecule is O=C([O-])CCCCCCCCCCN1C(=O)c2ccccc2C1=O. The molecule has 130 valence electrons. The monoisotopic (exact) mass is 330 g/mol. The second-order valence-electron chi connectivity index (χ2n) is 6.26. The first-order valence-electron chi connectivity index (χ1n) is 8.76. The minimum atomic E-state index is -0.969. The van der Waals surface area contributed by atoms with Crippen molar-refractivity contribution in [3.05, 3.63) is 35.4 Å². The minimum Gasteiger partial charge on any atom is -0.550 e. The molecule has 1 heterocycles. The van der Waals surface area contributed by atoms with E-state index < -0.39 is 5.97 Å². The van der Waals surface area contributed by atoms with Gasteiger partial charge in [0.25, 0.3) is 11.8 Å². The Balaban J connectivity index is 1.55. The molecular weight excluding hydrogens is 306 g/mol. The Morgan fingerprint density at radius 1 is 0.792 bits per heavy atom. The lowest BCUT2D eigenvalue weighted by molar-refractivity contribution is -0.305. The van der Waals surface area contributed by atoms with Gasteiger partial charge in [-0.15, -0.1) is 0 Å². The van der Waals surface area contributed by atoms with Crippen molar-refractivity contribution < 1.29 is 19.5 Å². The van der Waals surface area contributed by atoms with E-state index in [1.54, 1.807) is 24.3 Å². The molecule has 0 radical (unpaired) electrons. The third-order valence-electron chi connectivity index (χ3n) is 4.39. The molecule has 0 unspecified atom stereocenters. The molecule has 0 spiro atoms. The predicted molar refractivity (Wildman–Crippen MR) is 88.4 cm³/mol. The van der Waals surface area contributed by atoms with Gasteiger partial charge in [0.05, 0.1) is 11.1 Å². The summed E-state index contributed by atoms with van der Waals surface area (Å²) in [5.74, 6) is -1.32. The molecule has 0 aliphatic carbocycles. The lowest BCUT2D eigenvalue weighted by atomic mass is 10.1. The maximum absolute atomic E-state index is 12.2. The zero-order chi connectivity index (χ0) is 17.4. The van der Waals surface area contributed by atoms with E-state index >= 15 is 0 Å². The highest BCUT2D eigenvalue weighted by Gasteiger charge is 2.34. The first-order chi connectivity index (χ1) is 11.6. The zero-order valence-corrected chi connectivity index (χ0v) is 14.0. The van der Waals surface area contributed by atoms with Crippen molar-refractivity contribution in [1.82, 2.24) is 4.90 Å². The quantitative estimate of drug-likeness (QED) is 0.461. The van der Waals surface area contributed by atoms with Crippen molar-refractivity contribution in [3.8, 4) is 0 Å². The third kappa shape index (κ3) is 4.91. The average Bonchev–Trinajstić information content (AvgIpc) is 2.81. The Morgan fingerprint density at radius 2 is 1.25 bits per heavy atom. The number of unbranched alkanes of at least 4 members (excludes halogenated alkanes) is 7. The number of imide groups is 1. The van der Waals surface area contributed by atoms with E-state index in [9.17, 15) is 19.5 Å². The van der Waals surface area contributed by atoms with Crippen LogP contribution in [-0.2, 0) is 4.79 Å². The van der Waals surface area contributed by atoms with Gasteiger partial charge in [0, 0.05) is 12.5 Å². The Hall–Kier alpha value is -2.17. The van der Waals surface area contributed by atoms with E-state index in [0.29, 0.717) is 24.1 Å². The van der Waals surface area contributed by atoms with Crippen LogP contribution in [0.15, 0.2) is 24.3 Å². The highest BCUT2D eigenvalue weighted by atomic mass is 16.4. The van der Waals surface area contributed by atoms with Crippen LogP contribution in [0.3, 0.4) is 0 Å². The van der Waals surface area contributed by atoms with Crippen molar-refractivity contribution in [3.63, 3.8) is 0 Å². The average molecular weight is 330 g/mol. The molecule has 1 aliphatic heterocycles. The van der Waals surface area contributed by atoms with E-state index in [-0.39, 0.29) is 18.2 Å². The number of nitrogens with zero attached hydrogens (tertiary/aromatic N) is 1. The van der Waals surface area contributed by atoms with Gasteiger partial charge >= 0.3 is 0 Å². The van der Waals surface area contributed by atoms with Gasteiger partial charge in [-0.25, -0.2) is 0 Å². The molecule has 0 fully saturated rings. The van der Waals surface area contributed by atoms with Gasteiger partial charge in [0.2, 0.25) is 0 Å². The lowest BCUT2D eigenvalue weighted by Crippen LogP contribution is -2.30. The van der Waals surface area contributed by atoms with Crippen molar-refractivity contribution in [2.45, 2.75) is 57.8 Å². The number of fused-ring (bicyclic) bond motifs is 1. The van der Waals surface area contributed by atoms with Crippen molar-refractivity contribution in [1.29, 1.82) is 0 Å². The number of carbonyl (C=O) groups excluding carboxylic acids is 3. The van der Waals surface area contributed by atoms with Gasteiger partial charge in [-0.3, -0.25) is 14.5 Å². The summed E-state index contributed by atoms with van der Waals surface area (Å²) >= 11 is 0. The zero-order valence-electron chi connectivity index (χ0n) is 14.0. The summed E-state index contributed by atoms with van der Waals surface area (Å²) in [6, 6.07) is 6.97. The van der Waals surface area contributed by atoms with Crippen molar-refractivity contribution >= 4 is 17.8 Å². The molecule has 0 N–H and O–H groups in total. The van der Waals surface area contributed by atoms with Gasteiger partial charge < -0.3 is 9.90 Å². The van der Waals surface area contributed by atoms with Gasteiger partial charge in [-0.05, 0) is 31.4 Å². The first-order valence-corrected chi connectivity index (χ1v) is 8.76. The second-order valence-corrected chi connectivity index (χ2v) is 6.26. The topological polar surface area (TPSA) is 77.5 Å². The molecule has 24 heavy (non-hydrogen) atoms. The Labute approximate surface area is 142 Å². The fourth-order valence-corrected chi connectivity index (χ4v) is 3.04. The van der Waals surface area contributed by atoms with Crippen LogP contribution in [0.4, 0.5) is 0 Å². The van der Waals surface area contributed by atoms with Crippen LogP contribution in [0.2, 0.25) is 0 Å². The normalized spacial score (nSPS) is 13.4. The molecule has 2 rings (SSSR count). The van der Waals surface area contributed by atoms with E-state index in [1.807, 2.05) is 0 Å². The number of rotatable bonds is 11. The van der Waals surface area contributed by atoms with Crippen LogP contribution in [0.1, 0.15) is 78.5 Å². The predicted octanol–water partition coefficient (Wildman–Crippen LogP) is 2.54. The number of benzene rings is 1. The van der Waals surface area contributed by atoms with Crippen LogP contribution in [0.5, 0.6) is 0 Å². The number of hydrogen-bond acceptors (Lipinski definition) is 4. The molecule has 0 saturated heterocycles. The summed E-state index contributed by atoms with van der Waals surface area (Å²) < 4.78 is 0. The smallest absolute Gasteiger partial charge is 0.261 e. The number of aliphatic carboxylic acids is 1. The van der Waals surface area contributed by atoms with Crippen LogP contribution in [-0.4, -0.2) is 29.2 Å². The molecule has 0 saturated carbocycles. The molecule has 1 aromatic rings. The molecule has 1 aliphatic rings. The van der Waals surface area contributed by atoms with E-state index in [4.69, 9.17) is 0 Å². The Kier molecular flexibility index (Phi) is 6.97. The third-order valence-corrected chi connectivity index (χ3v) is 4.39. The van der Waals surface area contributed by atoms with Gasteiger partial charge in [0.15, 0.2) is 0 Å². The highest BCUT2D eigenvalue weighted by molar-refractivity contribution is 6.21. The second kappa shape index (κ2) is 9.21. The molecule has 0 atom stereocenters. The first kappa shape index (κ1) is 18.2. The molecule has 5 nitrogen and oxygen atoms in total. The van der Waals surface area contributed by atoms with Crippen LogP contribution < -0.4 is 5.11 Å². The Bertz CT molecular complexity index is 562. The number of carboxylic acids is 1. The Morgan fingerprint density at radius 3 is 1.75 bits per heavy atom. The number of carbonyl (C=O) groups is 3. The maximum Gasteiger partial charge on any atom is 0.261 e. The van der Waals surface area contributed by atoms with Gasteiger partial charge in [0.1, 0.15) is 0 Å². The number of hydrogen-bond donors (Lipinski definition) is 0. The largest absolute Gasteiger partial charge is 0.550 e. The van der Waals surface area contributed by atoms with E-state index in [2.05, 4.69) is 0 Å². The summed E-state index contributed by atoms with van der Waals surface area (Å²) in [5.41, 5.74) is 1.03. The summed E-state index contributed by atoms with van der Waals surface area (Å²) in [6.07, 6.45) is 7.93. The van der Waals surface area contributed by atoms with Crippen LogP contribution in [0.25, 0.3) is 0 Å². The molecule has 0 aromatic heterocycles. The molecule has 2 amide bonds. The highest BCUT2D eigenvalue weighted by Crippen LogP contribution is 2.22. The van der Waals surface area contributed by atoms with Crippen molar-refractivity contribution in [2.75, 3.05) is 6.54 Å². The minimum absolute atomic E-state index is 0.153. The number of amides is 2. The maximum atomic E-state index is 12.2. The lowest BCUT2D eigenvalue weighted by Gasteiger charge is -2.13. The summed E-state index contributed by atoms with van der Waals surface area (Å²) in [6.45, 7) is 0.484. The summed E-state index contributed by atoms with van der Waals surface area (Å²) in [7, 11) is 0. The summed E-state index contributed by atoms with van der Waals surface area (Å²) in [4.78, 5) is 36.0. The molecular formula is C19H24NO4-. The fraction of sp³-hybridized carbons (Fsp3) is 0.526. The number of carboxylic acid groups (broad SMARTS) is 1. The molecule has 0 bridgehead atoms. The standard InChI is InChI=1S/C19H25NO4/c21-17(22)13-7-5-3-1-2-4-6-10-14-20-18(23)15-11-8-9-12-16(15)19(20)24/h8-9,11-12H,1-7,10,13-14H2,(H,21,22)/p-1. The fourth-order valence-electron chi connectivity index (χ4n) is 3.04. The van der Waals surface area contributed by atoms with Crippen LogP contribution >= 0.6 is 0 Å². The summed E-state index contributed by atoms with van der Waals surface area (Å²) in [5, 5.41) is 10.3. The van der Waals surface area contributed by atoms with E-state index in [1.165, 1.54) is 4.90 Å². The van der Waals surface area contributed by atoms with E-state index in [0.717, 1.165) is 44.9 Å². The molecule has 5 heteroatoms. The van der Waals surface area contributed by atoms with Crippen LogP contribution in [0, 0.1) is 0 Å². The van der Waals surface area contributed by atoms with Gasteiger partial charge in [-0.1, -0.05) is 50.7 Å². The van der Waals surface area contributed by atoms with Crippen molar-refractivity contribution in [2.24, 2.45) is 0 Å². The molecule has 1 aromatic carbocycles. The van der Waals surface area contributed by atoms with Gasteiger partial charge in [-0.2, -0.15) is 0 Å².